The summed E-state index contributed by atoms with van der Waals surface area (Å²) >= 11 is 0. The van der Waals surface area contributed by atoms with Crippen molar-refractivity contribution in [3.63, 3.8) is 0 Å². The zero-order chi connectivity index (χ0) is 30.3. The predicted molar refractivity (Wildman–Crippen MR) is 165 cm³/mol. The summed E-state index contributed by atoms with van der Waals surface area (Å²) in [5.41, 5.74) is 1.60. The molecule has 2 aromatic rings. The third-order valence-electron chi connectivity index (χ3n) is 14.7. The molecule has 0 radical (unpaired) electrons. The second kappa shape index (κ2) is 8.39. The second-order valence-corrected chi connectivity index (χ2v) is 17.0. The van der Waals surface area contributed by atoms with Crippen LogP contribution in [-0.2, 0) is 25.2 Å². The van der Waals surface area contributed by atoms with Crippen LogP contribution in [0.25, 0.3) is 10.9 Å². The number of hydrogen-bond donors (Lipinski definition) is 1. The van der Waals surface area contributed by atoms with Gasteiger partial charge in [-0.2, -0.15) is 0 Å². The van der Waals surface area contributed by atoms with Gasteiger partial charge in [0.05, 0.1) is 12.5 Å². The average molecular weight is 572 g/mol. The van der Waals surface area contributed by atoms with Crippen LogP contribution in [0, 0.1) is 45.3 Å². The van der Waals surface area contributed by atoms with E-state index in [1.165, 1.54) is 7.11 Å². The molecule has 5 heteroatoms. The van der Waals surface area contributed by atoms with Gasteiger partial charge in [-0.15, -0.1) is 0 Å². The van der Waals surface area contributed by atoms with Gasteiger partial charge in [0.25, 0.3) is 0 Å². The van der Waals surface area contributed by atoms with Crippen molar-refractivity contribution < 1.29 is 14.3 Å². The Kier molecular flexibility index (Phi) is 5.66. The maximum atomic E-state index is 14.8. The first-order chi connectivity index (χ1) is 19.6. The highest BCUT2D eigenvalue weighted by atomic mass is 16.5. The number of esters is 1. The van der Waals surface area contributed by atoms with Gasteiger partial charge in [-0.3, -0.25) is 14.4 Å². The Labute approximate surface area is 250 Å². The Hall–Kier alpha value is -2.43. The number of ketones is 1. The summed E-state index contributed by atoms with van der Waals surface area (Å²) in [5, 5.41) is 0.748. The van der Waals surface area contributed by atoms with Crippen molar-refractivity contribution in [2.45, 2.75) is 111 Å². The zero-order valence-electron chi connectivity index (χ0n) is 26.9. The molecule has 4 saturated carbocycles. The van der Waals surface area contributed by atoms with Crippen molar-refractivity contribution in [2.75, 3.05) is 7.11 Å². The van der Waals surface area contributed by atoms with Crippen molar-refractivity contribution in [1.29, 1.82) is 0 Å². The molecule has 5 nitrogen and oxygen atoms in total. The van der Waals surface area contributed by atoms with Crippen molar-refractivity contribution in [3.8, 4) is 0 Å². The van der Waals surface area contributed by atoms with Crippen LogP contribution < -0.4 is 5.43 Å². The fourth-order valence-corrected chi connectivity index (χ4v) is 12.4. The van der Waals surface area contributed by atoms with E-state index in [2.05, 4.69) is 53.5 Å². The first kappa shape index (κ1) is 28.3. The number of benzene rings is 1. The van der Waals surface area contributed by atoms with Gasteiger partial charge in [-0.1, -0.05) is 60.6 Å². The number of pyridine rings is 1. The molecular weight excluding hydrogens is 522 g/mol. The van der Waals surface area contributed by atoms with E-state index in [0.29, 0.717) is 12.2 Å². The molecular formula is C37H49NO4. The highest BCUT2D eigenvalue weighted by Crippen LogP contribution is 2.76. The Morgan fingerprint density at radius 2 is 1.57 bits per heavy atom. The van der Waals surface area contributed by atoms with E-state index in [0.717, 1.165) is 67.1 Å². The normalized spacial score (nSPS) is 43.0. The predicted octanol–water partition coefficient (Wildman–Crippen LogP) is 7.48. The number of para-hydroxylation sites is 1. The van der Waals surface area contributed by atoms with Gasteiger partial charge >= 0.3 is 5.97 Å². The fraction of sp³-hybridized carbons (Fsp3) is 0.703. The van der Waals surface area contributed by atoms with Crippen molar-refractivity contribution >= 4 is 22.7 Å². The fourth-order valence-electron chi connectivity index (χ4n) is 12.4. The minimum atomic E-state index is -0.563. The van der Waals surface area contributed by atoms with Crippen molar-refractivity contribution in [2.24, 2.45) is 45.3 Å². The highest BCUT2D eigenvalue weighted by molar-refractivity contribution is 5.87. The summed E-state index contributed by atoms with van der Waals surface area (Å²) in [5.74, 6) is 0.408. The molecule has 1 N–H and O–H groups in total. The summed E-state index contributed by atoms with van der Waals surface area (Å²) in [6.07, 6.45) is 6.88. The molecule has 0 saturated heterocycles. The summed E-state index contributed by atoms with van der Waals surface area (Å²) in [4.78, 5) is 46.6. The van der Waals surface area contributed by atoms with Crippen LogP contribution in [0.5, 0.6) is 0 Å². The first-order valence-electron chi connectivity index (χ1n) is 16.4. The van der Waals surface area contributed by atoms with Crippen molar-refractivity contribution in [3.05, 3.63) is 45.7 Å². The number of rotatable bonds is 1. The SMILES string of the molecule is COC(=O)[C@]12CCC(C)(C)C[C@H]1[C@H]1C(=O)C[C@@H]3[C@@]4(C)c5c([nH]c6ccccc6c5=O)C(C)(C)[C@@H]4CC[C@@]3(C)[C@]1(C)CC2. The molecule has 0 bridgehead atoms. The van der Waals surface area contributed by atoms with E-state index < -0.39 is 10.8 Å². The summed E-state index contributed by atoms with van der Waals surface area (Å²) < 4.78 is 5.49. The number of aromatic nitrogens is 1. The third kappa shape index (κ3) is 3.14. The maximum absolute atomic E-state index is 14.8. The molecule has 8 atom stereocenters. The molecule has 5 aliphatic rings. The number of hydrogen-bond acceptors (Lipinski definition) is 4. The number of aromatic amines is 1. The average Bonchev–Trinajstić information content (AvgIpc) is 3.11. The minimum Gasteiger partial charge on any atom is -0.469 e. The summed E-state index contributed by atoms with van der Waals surface area (Å²) in [6.45, 7) is 16.4. The Bertz CT molecular complexity index is 1580. The van der Waals surface area contributed by atoms with E-state index in [1.54, 1.807) is 0 Å². The quantitative estimate of drug-likeness (QED) is 0.360. The molecule has 226 valence electrons. The van der Waals surface area contributed by atoms with Gasteiger partial charge in [0, 0.05) is 45.3 Å². The lowest BCUT2D eigenvalue weighted by Crippen LogP contribution is -2.69. The number of ether oxygens (including phenoxy) is 1. The molecule has 0 aliphatic heterocycles. The van der Waals surface area contributed by atoms with Gasteiger partial charge in [0.1, 0.15) is 5.78 Å². The topological polar surface area (TPSA) is 76.2 Å². The molecule has 5 aliphatic carbocycles. The van der Waals surface area contributed by atoms with E-state index in [-0.39, 0.29) is 56.7 Å². The van der Waals surface area contributed by atoms with Gasteiger partial charge in [0.15, 0.2) is 5.43 Å². The number of H-pyrrole nitrogens is 1. The molecule has 0 spiro atoms. The van der Waals surface area contributed by atoms with E-state index in [9.17, 15) is 14.4 Å². The maximum Gasteiger partial charge on any atom is 0.312 e. The standard InChI is InChI=1S/C37H49NO4/c1-32(2)15-17-37(31(41)42-8)18-16-35(6)27(22(37)20-32)24(39)19-26-34(35,5)14-13-25-33(3,4)30-28(36(25,26)7)29(40)21-11-9-10-12-23(21)38-30/h9-12,22,25-27H,13-20H2,1-8H3,(H,38,40)/t22-,25-,26-,27-,34+,35+,36-,37-/m0/s1. The molecule has 1 heterocycles. The Morgan fingerprint density at radius 1 is 0.881 bits per heavy atom. The largest absolute Gasteiger partial charge is 0.469 e. The molecule has 1 aromatic carbocycles. The Morgan fingerprint density at radius 3 is 2.29 bits per heavy atom. The smallest absolute Gasteiger partial charge is 0.312 e. The van der Waals surface area contributed by atoms with Crippen LogP contribution in [-0.4, -0.2) is 23.8 Å². The van der Waals surface area contributed by atoms with Crippen LogP contribution in [0.2, 0.25) is 0 Å². The lowest BCUT2D eigenvalue weighted by atomic mass is 9.32. The van der Waals surface area contributed by atoms with E-state index in [1.807, 2.05) is 24.3 Å². The van der Waals surface area contributed by atoms with Crippen molar-refractivity contribution in [1.82, 2.24) is 4.98 Å². The number of carbonyl (C=O) groups is 2. The lowest BCUT2D eigenvalue weighted by Gasteiger charge is -2.70. The van der Waals surface area contributed by atoms with Crippen LogP contribution in [0.3, 0.4) is 0 Å². The minimum absolute atomic E-state index is 0.00269. The van der Waals surface area contributed by atoms with E-state index in [4.69, 9.17) is 4.74 Å². The number of Topliss-reactive ketones (excluding diaryl/α,β-unsaturated/α-hetero) is 1. The first-order valence-corrected chi connectivity index (χ1v) is 16.4. The monoisotopic (exact) mass is 571 g/mol. The van der Waals surface area contributed by atoms with Crippen LogP contribution >= 0.6 is 0 Å². The molecule has 1 aromatic heterocycles. The highest BCUT2D eigenvalue weighted by Gasteiger charge is 2.74. The summed E-state index contributed by atoms with van der Waals surface area (Å²) in [7, 11) is 1.52. The van der Waals surface area contributed by atoms with Gasteiger partial charge in [0.2, 0.25) is 0 Å². The van der Waals surface area contributed by atoms with Crippen LogP contribution in [0.4, 0.5) is 0 Å². The number of carbonyl (C=O) groups excluding carboxylic acids is 2. The molecule has 0 unspecified atom stereocenters. The van der Waals surface area contributed by atoms with Gasteiger partial charge < -0.3 is 9.72 Å². The second-order valence-electron chi connectivity index (χ2n) is 17.0. The number of fused-ring (bicyclic) bond motifs is 10. The zero-order valence-corrected chi connectivity index (χ0v) is 26.9. The van der Waals surface area contributed by atoms with Crippen LogP contribution in [0.1, 0.15) is 111 Å². The molecule has 0 amide bonds. The van der Waals surface area contributed by atoms with Gasteiger partial charge in [-0.25, -0.2) is 0 Å². The Balaban J connectivity index is 1.41. The number of nitrogens with one attached hydrogen (secondary N) is 1. The van der Waals surface area contributed by atoms with E-state index >= 15 is 0 Å². The van der Waals surface area contributed by atoms with Gasteiger partial charge in [-0.05, 0) is 91.1 Å². The number of methoxy groups -OCH3 is 1. The molecule has 42 heavy (non-hydrogen) atoms. The van der Waals surface area contributed by atoms with Crippen LogP contribution in [0.15, 0.2) is 29.1 Å². The third-order valence-corrected chi connectivity index (χ3v) is 14.7. The summed E-state index contributed by atoms with van der Waals surface area (Å²) in [6, 6.07) is 7.90. The molecule has 4 fully saturated rings. The molecule has 7 rings (SSSR count). The lowest BCUT2D eigenvalue weighted by molar-refractivity contribution is -0.218.